The average molecular weight is 302 g/mol. The van der Waals surface area contributed by atoms with Gasteiger partial charge in [-0.1, -0.05) is 17.3 Å². The van der Waals surface area contributed by atoms with Crippen molar-refractivity contribution in [2.75, 3.05) is 24.2 Å². The molecule has 3 N–H and O–H groups in total. The summed E-state index contributed by atoms with van der Waals surface area (Å²) in [6.45, 7) is 1.86. The van der Waals surface area contributed by atoms with Crippen LogP contribution in [0.25, 0.3) is 0 Å². The van der Waals surface area contributed by atoms with Gasteiger partial charge >= 0.3 is 0 Å². The smallest absolute Gasteiger partial charge is 0.244 e. The van der Waals surface area contributed by atoms with Crippen molar-refractivity contribution in [1.29, 1.82) is 0 Å². The molecule has 1 aromatic heterocycles. The second-order valence-corrected chi connectivity index (χ2v) is 4.77. The lowest BCUT2D eigenvalue weighted by Gasteiger charge is -2.07. The molecule has 1 aromatic carbocycles. The number of amides is 2. The maximum atomic E-state index is 11.7. The van der Waals surface area contributed by atoms with Crippen molar-refractivity contribution < 1.29 is 14.1 Å². The molecule has 2 aromatic rings. The highest BCUT2D eigenvalue weighted by Crippen LogP contribution is 2.10. The number of carbonyl (C=O) groups is 2. The molecule has 7 nitrogen and oxygen atoms in total. The van der Waals surface area contributed by atoms with Crippen LogP contribution in [0.4, 0.5) is 11.5 Å². The molecule has 0 radical (unpaired) electrons. The second kappa shape index (κ2) is 7.26. The predicted octanol–water partition coefficient (Wildman–Crippen LogP) is 1.32. The van der Waals surface area contributed by atoms with Gasteiger partial charge in [0, 0.05) is 18.8 Å². The van der Waals surface area contributed by atoms with Crippen LogP contribution >= 0.6 is 0 Å². The first kappa shape index (κ1) is 15.6. The molecule has 0 bridgehead atoms. The highest BCUT2D eigenvalue weighted by atomic mass is 16.5. The number of hydrogen-bond acceptors (Lipinski definition) is 5. The Labute approximate surface area is 128 Å². The number of nitrogens with zero attached hydrogens (tertiary/aromatic N) is 1. The topological polar surface area (TPSA) is 96.3 Å². The van der Waals surface area contributed by atoms with Crippen molar-refractivity contribution >= 4 is 23.3 Å². The quantitative estimate of drug-likeness (QED) is 0.748. The van der Waals surface area contributed by atoms with E-state index in [0.717, 1.165) is 11.3 Å². The standard InChI is InChI=1S/C15H18N4O3/c1-10-7-13(19-22-10)18-15(21)9-17-12-5-3-11(4-6-12)8-14(20)16-2/h3-7,17H,8-9H2,1-2H3,(H,16,20)(H,18,19,21). The van der Waals surface area contributed by atoms with Crippen molar-refractivity contribution in [2.24, 2.45) is 0 Å². The minimum Gasteiger partial charge on any atom is -0.376 e. The van der Waals surface area contributed by atoms with Gasteiger partial charge in [-0.25, -0.2) is 0 Å². The number of rotatable bonds is 6. The Bertz CT molecular complexity index is 649. The lowest BCUT2D eigenvalue weighted by Crippen LogP contribution is -2.22. The zero-order chi connectivity index (χ0) is 15.9. The van der Waals surface area contributed by atoms with Gasteiger partial charge < -0.3 is 20.5 Å². The van der Waals surface area contributed by atoms with Gasteiger partial charge in [-0.15, -0.1) is 0 Å². The second-order valence-electron chi connectivity index (χ2n) is 4.77. The molecule has 0 aliphatic carbocycles. The van der Waals surface area contributed by atoms with Crippen molar-refractivity contribution in [2.45, 2.75) is 13.3 Å². The molecule has 0 fully saturated rings. The average Bonchev–Trinajstić information content (AvgIpc) is 2.91. The van der Waals surface area contributed by atoms with Crippen LogP contribution in [0.2, 0.25) is 0 Å². The Morgan fingerprint density at radius 3 is 2.50 bits per heavy atom. The van der Waals surface area contributed by atoms with E-state index in [1.807, 2.05) is 24.3 Å². The van der Waals surface area contributed by atoms with Gasteiger partial charge in [0.25, 0.3) is 0 Å². The van der Waals surface area contributed by atoms with Crippen LogP contribution in [-0.4, -0.2) is 30.6 Å². The van der Waals surface area contributed by atoms with E-state index in [2.05, 4.69) is 21.1 Å². The number of aromatic nitrogens is 1. The van der Waals surface area contributed by atoms with Crippen LogP contribution < -0.4 is 16.0 Å². The predicted molar refractivity (Wildman–Crippen MR) is 82.6 cm³/mol. The summed E-state index contributed by atoms with van der Waals surface area (Å²) >= 11 is 0. The van der Waals surface area contributed by atoms with E-state index < -0.39 is 0 Å². The molecule has 0 saturated heterocycles. The summed E-state index contributed by atoms with van der Waals surface area (Å²) in [5.41, 5.74) is 1.71. The Kier molecular flexibility index (Phi) is 5.13. The summed E-state index contributed by atoms with van der Waals surface area (Å²) in [5.74, 6) is 0.769. The monoisotopic (exact) mass is 302 g/mol. The number of likely N-dealkylation sites (N-methyl/N-ethyl adjacent to an activating group) is 1. The summed E-state index contributed by atoms with van der Waals surface area (Å²) in [7, 11) is 1.60. The molecular weight excluding hydrogens is 284 g/mol. The van der Waals surface area contributed by atoms with Gasteiger partial charge in [0.15, 0.2) is 5.82 Å². The molecule has 0 aliphatic rings. The Hall–Kier alpha value is -2.83. The highest BCUT2D eigenvalue weighted by molar-refractivity contribution is 5.92. The van der Waals surface area contributed by atoms with Gasteiger partial charge in [0.1, 0.15) is 5.76 Å². The Balaban J connectivity index is 1.81. The number of benzene rings is 1. The van der Waals surface area contributed by atoms with Gasteiger partial charge in [0.2, 0.25) is 11.8 Å². The minimum absolute atomic E-state index is 0.0389. The Morgan fingerprint density at radius 1 is 1.18 bits per heavy atom. The summed E-state index contributed by atoms with van der Waals surface area (Å²) in [6, 6.07) is 8.98. The number of carbonyl (C=O) groups excluding carboxylic acids is 2. The SMILES string of the molecule is CNC(=O)Cc1ccc(NCC(=O)Nc2cc(C)on2)cc1. The third-order valence-corrected chi connectivity index (χ3v) is 2.95. The van der Waals surface area contributed by atoms with Crippen LogP contribution in [0.1, 0.15) is 11.3 Å². The molecule has 7 heteroatoms. The third kappa shape index (κ3) is 4.62. The molecule has 0 saturated carbocycles. The van der Waals surface area contributed by atoms with E-state index in [1.54, 1.807) is 20.0 Å². The molecule has 1 heterocycles. The number of nitrogens with one attached hydrogen (secondary N) is 3. The van der Waals surface area contributed by atoms with E-state index in [9.17, 15) is 9.59 Å². The van der Waals surface area contributed by atoms with E-state index >= 15 is 0 Å². The summed E-state index contributed by atoms with van der Waals surface area (Å²) in [5, 5.41) is 11.9. The maximum Gasteiger partial charge on any atom is 0.244 e. The largest absolute Gasteiger partial charge is 0.376 e. The van der Waals surface area contributed by atoms with Crippen LogP contribution in [-0.2, 0) is 16.0 Å². The lowest BCUT2D eigenvalue weighted by atomic mass is 10.1. The van der Waals surface area contributed by atoms with Gasteiger partial charge in [-0.3, -0.25) is 9.59 Å². The molecule has 2 amide bonds. The number of hydrogen-bond donors (Lipinski definition) is 3. The normalized spacial score (nSPS) is 10.1. The summed E-state index contributed by atoms with van der Waals surface area (Å²) in [6.07, 6.45) is 0.336. The molecule has 116 valence electrons. The molecule has 2 rings (SSSR count). The number of anilines is 2. The first-order valence-electron chi connectivity index (χ1n) is 6.83. The maximum absolute atomic E-state index is 11.7. The van der Waals surface area contributed by atoms with Crippen LogP contribution in [0.3, 0.4) is 0 Å². The van der Waals surface area contributed by atoms with E-state index in [4.69, 9.17) is 4.52 Å². The third-order valence-electron chi connectivity index (χ3n) is 2.95. The summed E-state index contributed by atoms with van der Waals surface area (Å²) < 4.78 is 4.86. The summed E-state index contributed by atoms with van der Waals surface area (Å²) in [4.78, 5) is 23.0. The fourth-order valence-electron chi connectivity index (χ4n) is 1.81. The zero-order valence-corrected chi connectivity index (χ0v) is 12.5. The fraction of sp³-hybridized carbons (Fsp3) is 0.267. The molecule has 22 heavy (non-hydrogen) atoms. The lowest BCUT2D eigenvalue weighted by molar-refractivity contribution is -0.120. The number of aryl methyl sites for hydroxylation is 1. The first-order valence-corrected chi connectivity index (χ1v) is 6.83. The fourth-order valence-corrected chi connectivity index (χ4v) is 1.81. The van der Waals surface area contributed by atoms with Gasteiger partial charge in [-0.2, -0.15) is 0 Å². The zero-order valence-electron chi connectivity index (χ0n) is 12.5. The van der Waals surface area contributed by atoms with Crippen molar-refractivity contribution in [1.82, 2.24) is 10.5 Å². The van der Waals surface area contributed by atoms with Crippen molar-refractivity contribution in [3.8, 4) is 0 Å². The van der Waals surface area contributed by atoms with Crippen LogP contribution in [0.15, 0.2) is 34.9 Å². The first-order chi connectivity index (χ1) is 10.6. The van der Waals surface area contributed by atoms with Crippen LogP contribution in [0.5, 0.6) is 0 Å². The minimum atomic E-state index is -0.220. The molecule has 0 aliphatic heterocycles. The molecule has 0 atom stereocenters. The van der Waals surface area contributed by atoms with Crippen molar-refractivity contribution in [3.05, 3.63) is 41.7 Å². The molecule has 0 unspecified atom stereocenters. The van der Waals surface area contributed by atoms with Crippen LogP contribution in [0, 0.1) is 6.92 Å². The highest BCUT2D eigenvalue weighted by Gasteiger charge is 2.06. The van der Waals surface area contributed by atoms with Crippen molar-refractivity contribution in [3.63, 3.8) is 0 Å². The van der Waals surface area contributed by atoms with E-state index in [1.165, 1.54) is 0 Å². The Morgan fingerprint density at radius 2 is 1.91 bits per heavy atom. The molecular formula is C15H18N4O3. The molecule has 0 spiro atoms. The van der Waals surface area contributed by atoms with E-state index in [-0.39, 0.29) is 18.4 Å². The van der Waals surface area contributed by atoms with E-state index in [0.29, 0.717) is 18.0 Å². The van der Waals surface area contributed by atoms with Gasteiger partial charge in [-0.05, 0) is 24.6 Å². The van der Waals surface area contributed by atoms with Gasteiger partial charge in [0.05, 0.1) is 13.0 Å².